The van der Waals surface area contributed by atoms with Gasteiger partial charge in [0.15, 0.2) is 0 Å². The van der Waals surface area contributed by atoms with Crippen molar-refractivity contribution >= 4 is 44.9 Å². The number of nitrogens with zero attached hydrogens (tertiary/aromatic N) is 6. The fourth-order valence-electron chi connectivity index (χ4n) is 6.21. The van der Waals surface area contributed by atoms with E-state index in [1.54, 1.807) is 40.1 Å². The van der Waals surface area contributed by atoms with Crippen LogP contribution in [-0.4, -0.2) is 94.1 Å². The monoisotopic (exact) mass is 796 g/mol. The first-order chi connectivity index (χ1) is 25.8. The molecule has 6 rings (SSSR count). The van der Waals surface area contributed by atoms with Gasteiger partial charge >= 0.3 is 12.2 Å². The average molecular weight is 797 g/mol. The smallest absolute Gasteiger partial charge is 0.410 e. The van der Waals surface area contributed by atoms with Crippen molar-refractivity contribution < 1.29 is 31.7 Å². The number of hydrogen-bond acceptors (Lipinski definition) is 10. The Morgan fingerprint density at radius 2 is 1.35 bits per heavy atom. The number of ether oxygens (including phenoxy) is 2. The molecular weight excluding hydrogens is 744 g/mol. The molecule has 1 aromatic carbocycles. The van der Waals surface area contributed by atoms with E-state index in [2.05, 4.69) is 15.1 Å². The number of fused-ring (bicyclic) bond motifs is 1. The lowest BCUT2D eigenvalue weighted by atomic mass is 9.97. The number of amides is 2. The van der Waals surface area contributed by atoms with Gasteiger partial charge in [-0.25, -0.2) is 14.6 Å². The van der Waals surface area contributed by atoms with Gasteiger partial charge in [-0.15, -0.1) is 0 Å². The number of hydrogen-bond donors (Lipinski definition) is 0. The zero-order chi connectivity index (χ0) is 40.0. The number of piperidine rings is 2. The van der Waals surface area contributed by atoms with Crippen LogP contribution in [0.15, 0.2) is 66.0 Å². The van der Waals surface area contributed by atoms with Crippen LogP contribution in [0.5, 0.6) is 0 Å². The van der Waals surface area contributed by atoms with E-state index < -0.39 is 21.3 Å². The number of benzene rings is 1. The van der Waals surface area contributed by atoms with Crippen LogP contribution in [0.1, 0.15) is 72.8 Å². The molecule has 0 atom stereocenters. The van der Waals surface area contributed by atoms with Crippen LogP contribution in [-0.2, 0) is 30.3 Å². The summed E-state index contributed by atoms with van der Waals surface area (Å²) in [5.74, 6) is 0.588. The highest BCUT2D eigenvalue weighted by Gasteiger charge is 2.29. The molecule has 15 heteroatoms. The number of halogens is 1. The van der Waals surface area contributed by atoms with Crippen molar-refractivity contribution in [3.63, 3.8) is 0 Å². The molecule has 0 spiro atoms. The van der Waals surface area contributed by atoms with Gasteiger partial charge < -0.3 is 19.3 Å². The minimum absolute atomic E-state index is 0.110. The third-order valence-electron chi connectivity index (χ3n) is 9.22. The van der Waals surface area contributed by atoms with E-state index in [-0.39, 0.29) is 29.6 Å². The molecule has 55 heavy (non-hydrogen) atoms. The van der Waals surface area contributed by atoms with Crippen molar-refractivity contribution in [1.82, 2.24) is 29.5 Å². The van der Waals surface area contributed by atoms with Crippen molar-refractivity contribution in [3.8, 4) is 11.1 Å². The van der Waals surface area contributed by atoms with Crippen molar-refractivity contribution in [3.05, 3.63) is 71.8 Å². The summed E-state index contributed by atoms with van der Waals surface area (Å²) in [7, 11) is -3.74. The first-order valence-corrected chi connectivity index (χ1v) is 20.5. The van der Waals surface area contributed by atoms with E-state index in [0.29, 0.717) is 50.1 Å². The summed E-state index contributed by atoms with van der Waals surface area (Å²) < 4.78 is 42.4. The largest absolute Gasteiger partial charge is 0.444 e. The van der Waals surface area contributed by atoms with Crippen LogP contribution in [0.25, 0.3) is 22.2 Å². The Kier molecular flexibility index (Phi) is 13.5. The maximum Gasteiger partial charge on any atom is 0.410 e. The fraction of sp³-hybridized carbons (Fsp3) is 0.525. The fourth-order valence-corrected chi connectivity index (χ4v) is 7.34. The molecule has 298 valence electrons. The second-order valence-corrected chi connectivity index (χ2v) is 18.2. The molecule has 4 aromatic rings. The normalized spacial score (nSPS) is 16.1. The van der Waals surface area contributed by atoms with Crippen LogP contribution >= 0.6 is 11.6 Å². The van der Waals surface area contributed by atoms with E-state index in [1.807, 2.05) is 83.9 Å². The summed E-state index contributed by atoms with van der Waals surface area (Å²) in [4.78, 5) is 36.7. The molecule has 2 amide bonds. The summed E-state index contributed by atoms with van der Waals surface area (Å²) in [5, 5.41) is 4.98. The molecule has 0 unspecified atom stereocenters. The quantitative estimate of drug-likeness (QED) is 0.133. The average Bonchev–Trinajstić information content (AvgIpc) is 3.58. The first kappa shape index (κ1) is 41.9. The van der Waals surface area contributed by atoms with Crippen molar-refractivity contribution in [2.24, 2.45) is 11.8 Å². The van der Waals surface area contributed by atoms with Gasteiger partial charge in [-0.3, -0.25) is 13.8 Å². The number of carbonyl (C=O) groups is 2. The predicted octanol–water partition coefficient (Wildman–Crippen LogP) is 8.14. The molecular formula is C40H53ClN6O7S. The predicted molar refractivity (Wildman–Crippen MR) is 211 cm³/mol. The Hall–Kier alpha value is -4.27. The van der Waals surface area contributed by atoms with Gasteiger partial charge in [-0.1, -0.05) is 29.3 Å². The SMILES string of the molecule is CC(C)(C)OC(=O)N1CCC(Cn2cc(-c3cnc4ccc(Cl)nc4c3)cn2)CC1.Cc1ccc(S(=O)(=O)OCC2CCN(C(=O)OC(C)(C)C)CC2)cc1. The molecule has 0 radical (unpaired) electrons. The summed E-state index contributed by atoms with van der Waals surface area (Å²) in [5.41, 5.74) is 3.56. The lowest BCUT2D eigenvalue weighted by Gasteiger charge is -2.33. The number of likely N-dealkylation sites (tertiary alicyclic amines) is 2. The topological polar surface area (TPSA) is 146 Å². The highest BCUT2D eigenvalue weighted by molar-refractivity contribution is 7.86. The van der Waals surface area contributed by atoms with E-state index in [4.69, 9.17) is 25.3 Å². The minimum atomic E-state index is -3.74. The van der Waals surface area contributed by atoms with Crippen molar-refractivity contribution in [1.29, 1.82) is 0 Å². The van der Waals surface area contributed by atoms with Gasteiger partial charge in [-0.2, -0.15) is 13.5 Å². The lowest BCUT2D eigenvalue weighted by Crippen LogP contribution is -2.42. The molecule has 0 aliphatic carbocycles. The maximum absolute atomic E-state index is 12.2. The molecule has 5 heterocycles. The third kappa shape index (κ3) is 12.6. The molecule has 0 bridgehead atoms. The zero-order valence-corrected chi connectivity index (χ0v) is 34.4. The summed E-state index contributed by atoms with van der Waals surface area (Å²) in [6.07, 6.45) is 8.45. The minimum Gasteiger partial charge on any atom is -0.444 e. The number of rotatable bonds is 7. The first-order valence-electron chi connectivity index (χ1n) is 18.7. The Labute approximate surface area is 329 Å². The molecule has 2 aliphatic rings. The Bertz CT molecular complexity index is 2030. The van der Waals surface area contributed by atoms with E-state index in [1.165, 1.54) is 0 Å². The second-order valence-electron chi connectivity index (χ2n) is 16.2. The lowest BCUT2D eigenvalue weighted by molar-refractivity contribution is 0.0160. The van der Waals surface area contributed by atoms with Crippen LogP contribution in [0.3, 0.4) is 0 Å². The zero-order valence-electron chi connectivity index (χ0n) is 32.8. The highest BCUT2D eigenvalue weighted by Crippen LogP contribution is 2.26. The summed E-state index contributed by atoms with van der Waals surface area (Å²) in [6, 6.07) is 12.2. The molecule has 0 N–H and O–H groups in total. The Balaban J connectivity index is 0.000000215. The van der Waals surface area contributed by atoms with E-state index >= 15 is 0 Å². The van der Waals surface area contributed by atoms with Crippen molar-refractivity contribution in [2.45, 2.75) is 96.8 Å². The Morgan fingerprint density at radius 3 is 1.91 bits per heavy atom. The van der Waals surface area contributed by atoms with Crippen LogP contribution < -0.4 is 0 Å². The Morgan fingerprint density at radius 1 is 0.782 bits per heavy atom. The number of aryl methyl sites for hydroxylation is 1. The molecule has 0 saturated carbocycles. The standard InChI is InChI=1S/C22H26ClN5O2.C18H27NO5S/c1-22(2,3)30-21(29)27-8-6-15(7-9-27)13-28-14-17(12-25-28)16-10-19-18(24-11-16)4-5-20(23)26-19;1-14-5-7-16(8-6-14)25(21,22)23-13-15-9-11-19(12-10-15)17(20)24-18(2,3)4/h4-5,10-12,14-15H,6-9,13H2,1-3H3;5-8,15H,9-13H2,1-4H3. The van der Waals surface area contributed by atoms with E-state index in [0.717, 1.165) is 47.1 Å². The van der Waals surface area contributed by atoms with Crippen LogP contribution in [0.4, 0.5) is 9.59 Å². The maximum atomic E-state index is 12.2. The van der Waals surface area contributed by atoms with Crippen molar-refractivity contribution in [2.75, 3.05) is 32.8 Å². The summed E-state index contributed by atoms with van der Waals surface area (Å²) >= 11 is 6.00. The third-order valence-corrected chi connectivity index (χ3v) is 10.7. The molecule has 2 saturated heterocycles. The number of carbonyl (C=O) groups excluding carboxylic acids is 2. The molecule has 2 fully saturated rings. The van der Waals surface area contributed by atoms with Crippen LogP contribution in [0.2, 0.25) is 5.15 Å². The highest BCUT2D eigenvalue weighted by atomic mass is 35.5. The van der Waals surface area contributed by atoms with Gasteiger partial charge in [0.2, 0.25) is 0 Å². The van der Waals surface area contributed by atoms with Gasteiger partial charge in [0.05, 0.1) is 28.7 Å². The molecule has 13 nitrogen and oxygen atoms in total. The number of aromatic nitrogens is 4. The number of pyridine rings is 2. The summed E-state index contributed by atoms with van der Waals surface area (Å²) in [6.45, 7) is 16.6. The van der Waals surface area contributed by atoms with Gasteiger partial charge in [-0.05, 0) is 116 Å². The van der Waals surface area contributed by atoms with E-state index in [9.17, 15) is 18.0 Å². The van der Waals surface area contributed by atoms with Gasteiger partial charge in [0.25, 0.3) is 10.1 Å². The molecule has 2 aliphatic heterocycles. The van der Waals surface area contributed by atoms with Gasteiger partial charge in [0.1, 0.15) is 16.4 Å². The van der Waals surface area contributed by atoms with Gasteiger partial charge in [0, 0.05) is 56.2 Å². The van der Waals surface area contributed by atoms with Crippen LogP contribution in [0, 0.1) is 18.8 Å². The molecule has 3 aromatic heterocycles. The second kappa shape index (κ2) is 17.7.